The molecule has 11 heteroatoms. The molecule has 10 nitrogen and oxygen atoms in total. The third-order valence-corrected chi connectivity index (χ3v) is 6.74. The second-order valence-corrected chi connectivity index (χ2v) is 9.03. The van der Waals surface area contributed by atoms with Crippen LogP contribution in [0.1, 0.15) is 16.7 Å². The smallest absolute Gasteiger partial charge is 0.258 e. The Balaban J connectivity index is 2.21. The van der Waals surface area contributed by atoms with Gasteiger partial charge in [-0.1, -0.05) is 29.8 Å². The fourth-order valence-corrected chi connectivity index (χ4v) is 4.52. The molecule has 0 fully saturated rings. The molecule has 0 aliphatic rings. The van der Waals surface area contributed by atoms with Gasteiger partial charge in [0.2, 0.25) is 0 Å². The molecular formula is C22H20N4O6S. The highest BCUT2D eigenvalue weighted by atomic mass is 32.2. The molecule has 3 rings (SSSR count). The van der Waals surface area contributed by atoms with Crippen molar-refractivity contribution in [3.05, 3.63) is 97.6 Å². The molecule has 0 spiro atoms. The molecule has 0 aromatic heterocycles. The van der Waals surface area contributed by atoms with E-state index in [9.17, 15) is 28.6 Å². The molecule has 3 aromatic rings. The van der Waals surface area contributed by atoms with Gasteiger partial charge < -0.3 is 0 Å². The number of hydrogen-bond donors (Lipinski definition) is 0. The van der Waals surface area contributed by atoms with Crippen molar-refractivity contribution in [1.29, 1.82) is 0 Å². The first kappa shape index (κ1) is 23.5. The molecule has 0 saturated heterocycles. The summed E-state index contributed by atoms with van der Waals surface area (Å²) in [6.45, 7) is 4.76. The minimum Gasteiger partial charge on any atom is -0.258 e. The lowest BCUT2D eigenvalue weighted by atomic mass is 10.1. The Labute approximate surface area is 190 Å². The molecule has 0 heterocycles. The summed E-state index contributed by atoms with van der Waals surface area (Å²) >= 11 is 0. The minimum atomic E-state index is -4.22. The molecule has 0 amide bonds. The SMILES string of the molecule is Cc1ccc(S(=O)(=O)N(C=Nc2cccc([N+](=O)[O-])c2C)c2cccc([N+](=O)[O-])c2C)cc1. The maximum Gasteiger partial charge on any atom is 0.274 e. The predicted octanol–water partition coefficient (Wildman–Crippen LogP) is 4.98. The Morgan fingerprint density at radius 1 is 0.818 bits per heavy atom. The number of aryl methyl sites for hydroxylation is 1. The van der Waals surface area contributed by atoms with Crippen LogP contribution in [-0.2, 0) is 10.0 Å². The summed E-state index contributed by atoms with van der Waals surface area (Å²) in [4.78, 5) is 25.7. The second kappa shape index (κ2) is 9.17. The lowest BCUT2D eigenvalue weighted by Crippen LogP contribution is -2.30. The Hall–Kier alpha value is -4.12. The summed E-state index contributed by atoms with van der Waals surface area (Å²) in [5, 5.41) is 22.7. The van der Waals surface area contributed by atoms with Crippen molar-refractivity contribution in [3.8, 4) is 0 Å². The average Bonchev–Trinajstić information content (AvgIpc) is 2.75. The minimum absolute atomic E-state index is 0.0385. The Morgan fingerprint density at radius 2 is 1.36 bits per heavy atom. The van der Waals surface area contributed by atoms with Gasteiger partial charge in [-0.05, 0) is 45.0 Å². The van der Waals surface area contributed by atoms with Crippen molar-refractivity contribution in [1.82, 2.24) is 0 Å². The quantitative estimate of drug-likeness (QED) is 0.207. The highest BCUT2D eigenvalue weighted by Crippen LogP contribution is 2.32. The normalized spacial score (nSPS) is 11.5. The van der Waals surface area contributed by atoms with Crippen molar-refractivity contribution in [3.63, 3.8) is 0 Å². The maximum atomic E-state index is 13.5. The Morgan fingerprint density at radius 3 is 1.94 bits per heavy atom. The van der Waals surface area contributed by atoms with Crippen LogP contribution in [0.5, 0.6) is 0 Å². The van der Waals surface area contributed by atoms with E-state index in [0.717, 1.165) is 16.2 Å². The van der Waals surface area contributed by atoms with Crippen LogP contribution in [0.15, 0.2) is 70.6 Å². The first-order chi connectivity index (χ1) is 15.5. The van der Waals surface area contributed by atoms with Crippen LogP contribution in [-0.4, -0.2) is 24.6 Å². The van der Waals surface area contributed by atoms with Crippen LogP contribution in [0.2, 0.25) is 0 Å². The van der Waals surface area contributed by atoms with E-state index in [1.54, 1.807) is 12.1 Å². The van der Waals surface area contributed by atoms with Crippen molar-refractivity contribution in [2.45, 2.75) is 25.7 Å². The summed E-state index contributed by atoms with van der Waals surface area (Å²) in [6.07, 6.45) is 1.01. The molecule has 170 valence electrons. The number of benzene rings is 3. The molecule has 0 aliphatic carbocycles. The van der Waals surface area contributed by atoms with Gasteiger partial charge in [0, 0.05) is 12.1 Å². The standard InChI is InChI=1S/C22H20N4O6S/c1-15-10-12-18(13-11-15)33(31,32)24(20-7-5-9-22(17(20)3)26(29)30)14-23-19-6-4-8-21(16(19)2)25(27)28/h4-14H,1-3H3. The molecule has 33 heavy (non-hydrogen) atoms. The van der Waals surface area contributed by atoms with Gasteiger partial charge in [-0.25, -0.2) is 17.7 Å². The van der Waals surface area contributed by atoms with E-state index >= 15 is 0 Å². The van der Waals surface area contributed by atoms with Crippen LogP contribution in [0.4, 0.5) is 22.7 Å². The zero-order valence-electron chi connectivity index (χ0n) is 18.0. The van der Waals surface area contributed by atoms with Crippen molar-refractivity contribution in [2.75, 3.05) is 4.31 Å². The number of nitro benzene ring substituents is 2. The van der Waals surface area contributed by atoms with Gasteiger partial charge in [-0.15, -0.1) is 0 Å². The third-order valence-electron chi connectivity index (χ3n) is 5.06. The van der Waals surface area contributed by atoms with Gasteiger partial charge in [-0.3, -0.25) is 20.2 Å². The van der Waals surface area contributed by atoms with Crippen LogP contribution >= 0.6 is 0 Å². The molecule has 0 unspecified atom stereocenters. The largest absolute Gasteiger partial charge is 0.274 e. The topological polar surface area (TPSA) is 136 Å². The number of nitrogens with zero attached hydrogens (tertiary/aromatic N) is 4. The summed E-state index contributed by atoms with van der Waals surface area (Å²) in [5.41, 5.74) is 1.05. The fraction of sp³-hybridized carbons (Fsp3) is 0.136. The molecule has 0 atom stereocenters. The van der Waals surface area contributed by atoms with E-state index < -0.39 is 19.9 Å². The van der Waals surface area contributed by atoms with Crippen LogP contribution in [0.25, 0.3) is 0 Å². The van der Waals surface area contributed by atoms with Gasteiger partial charge in [0.15, 0.2) is 0 Å². The number of nitro groups is 2. The Kier molecular flexibility index (Phi) is 6.54. The van der Waals surface area contributed by atoms with Crippen LogP contribution in [0, 0.1) is 41.0 Å². The Bertz CT molecular complexity index is 1370. The van der Waals surface area contributed by atoms with E-state index in [2.05, 4.69) is 4.99 Å². The molecule has 0 bridgehead atoms. The highest BCUT2D eigenvalue weighted by molar-refractivity contribution is 7.93. The number of aliphatic imine (C=N–C) groups is 1. The fourth-order valence-electron chi connectivity index (χ4n) is 3.19. The van der Waals surface area contributed by atoms with Crippen LogP contribution in [0.3, 0.4) is 0 Å². The summed E-state index contributed by atoms with van der Waals surface area (Å²) < 4.78 is 27.9. The summed E-state index contributed by atoms with van der Waals surface area (Å²) in [7, 11) is -4.22. The van der Waals surface area contributed by atoms with Crippen LogP contribution < -0.4 is 4.31 Å². The zero-order chi connectivity index (χ0) is 24.3. The first-order valence-corrected chi connectivity index (χ1v) is 11.1. The highest BCUT2D eigenvalue weighted by Gasteiger charge is 2.28. The van der Waals surface area contributed by atoms with Gasteiger partial charge in [0.25, 0.3) is 21.4 Å². The number of hydrogen-bond acceptors (Lipinski definition) is 7. The van der Waals surface area contributed by atoms with E-state index in [-0.39, 0.29) is 38.8 Å². The molecular weight excluding hydrogens is 448 g/mol. The monoisotopic (exact) mass is 468 g/mol. The predicted molar refractivity (Wildman–Crippen MR) is 125 cm³/mol. The van der Waals surface area contributed by atoms with E-state index in [4.69, 9.17) is 0 Å². The lowest BCUT2D eigenvalue weighted by Gasteiger charge is -2.21. The van der Waals surface area contributed by atoms with E-state index in [0.29, 0.717) is 0 Å². The first-order valence-electron chi connectivity index (χ1n) is 9.67. The summed E-state index contributed by atoms with van der Waals surface area (Å²) in [6, 6.07) is 14.5. The number of anilines is 1. The number of sulfonamides is 1. The van der Waals surface area contributed by atoms with Gasteiger partial charge >= 0.3 is 0 Å². The third kappa shape index (κ3) is 4.72. The van der Waals surface area contributed by atoms with Crippen molar-refractivity contribution in [2.24, 2.45) is 4.99 Å². The van der Waals surface area contributed by atoms with Gasteiger partial charge in [0.1, 0.15) is 6.34 Å². The zero-order valence-corrected chi connectivity index (χ0v) is 18.8. The van der Waals surface area contributed by atoms with Crippen molar-refractivity contribution < 1.29 is 18.3 Å². The van der Waals surface area contributed by atoms with E-state index in [1.807, 2.05) is 6.92 Å². The maximum absolute atomic E-state index is 13.5. The van der Waals surface area contributed by atoms with E-state index in [1.165, 1.54) is 62.4 Å². The van der Waals surface area contributed by atoms with Gasteiger partial charge in [-0.2, -0.15) is 0 Å². The number of rotatable bonds is 7. The average molecular weight is 468 g/mol. The summed E-state index contributed by atoms with van der Waals surface area (Å²) in [5.74, 6) is 0. The van der Waals surface area contributed by atoms with Gasteiger partial charge in [0.05, 0.1) is 37.2 Å². The molecule has 0 N–H and O–H groups in total. The molecule has 0 aliphatic heterocycles. The second-order valence-electron chi connectivity index (χ2n) is 7.22. The molecule has 0 radical (unpaired) electrons. The molecule has 0 saturated carbocycles. The lowest BCUT2D eigenvalue weighted by molar-refractivity contribution is -0.385. The van der Waals surface area contributed by atoms with Crippen molar-refractivity contribution >= 4 is 39.1 Å². The molecule has 3 aromatic carbocycles.